The number of nitrogens with one attached hydrogen (secondary N) is 4. The maximum Gasteiger partial charge on any atom is 0.417 e. The maximum absolute atomic E-state index is 13.0. The predicted octanol–water partition coefficient (Wildman–Crippen LogP) is 5.53. The number of H-pyrrole nitrogens is 1. The molecule has 0 saturated carbocycles. The summed E-state index contributed by atoms with van der Waals surface area (Å²) in [5.74, 6) is -0.382. The molecule has 0 aliphatic rings. The molecule has 4 aromatic rings. The molecule has 0 unspecified atom stereocenters. The lowest BCUT2D eigenvalue weighted by Gasteiger charge is -2.12. The van der Waals surface area contributed by atoms with Gasteiger partial charge in [0.2, 0.25) is 0 Å². The molecule has 0 saturated heterocycles. The minimum Gasteiger partial charge on any atom is -0.322 e. The number of pyridine rings is 1. The Labute approximate surface area is 189 Å². The molecule has 2 heterocycles. The molecule has 0 aliphatic heterocycles. The van der Waals surface area contributed by atoms with Crippen molar-refractivity contribution in [1.29, 1.82) is 0 Å². The topological polar surface area (TPSA) is 112 Å². The highest BCUT2D eigenvalue weighted by Gasteiger charge is 2.33. The molecule has 8 nitrogen and oxygen atoms in total. The van der Waals surface area contributed by atoms with Crippen molar-refractivity contribution in [3.05, 3.63) is 77.1 Å². The highest BCUT2D eigenvalue weighted by Crippen LogP contribution is 2.36. The molecular formula is C21H14ClF3N6O2. The van der Waals surface area contributed by atoms with E-state index in [4.69, 9.17) is 11.6 Å². The van der Waals surface area contributed by atoms with Crippen LogP contribution in [0.25, 0.3) is 11.0 Å². The van der Waals surface area contributed by atoms with Crippen molar-refractivity contribution in [3.8, 4) is 0 Å². The Morgan fingerprint density at radius 3 is 2.21 bits per heavy atom. The molecule has 0 bridgehead atoms. The molecule has 4 rings (SSSR count). The SMILES string of the molecule is O=C(Nc1ccc(NC(=O)c2cnc3[nH]ncc3c2)cc1)Nc1ccc(Cl)c(C(F)(F)F)c1. The fourth-order valence-electron chi connectivity index (χ4n) is 2.91. The van der Waals surface area contributed by atoms with Crippen LogP contribution in [0.5, 0.6) is 0 Å². The lowest BCUT2D eigenvalue weighted by atomic mass is 10.2. The third-order valence-electron chi connectivity index (χ3n) is 4.48. The molecule has 0 radical (unpaired) electrons. The van der Waals surface area contributed by atoms with Crippen LogP contribution in [-0.2, 0) is 6.18 Å². The monoisotopic (exact) mass is 474 g/mol. The number of benzene rings is 2. The first kappa shape index (κ1) is 22.1. The number of hydrogen-bond donors (Lipinski definition) is 4. The van der Waals surface area contributed by atoms with E-state index in [0.717, 1.165) is 12.1 Å². The highest BCUT2D eigenvalue weighted by molar-refractivity contribution is 6.31. The number of aromatic amines is 1. The van der Waals surface area contributed by atoms with Crippen LogP contribution in [0.2, 0.25) is 5.02 Å². The molecule has 2 aromatic carbocycles. The van der Waals surface area contributed by atoms with Crippen molar-refractivity contribution in [2.24, 2.45) is 0 Å². The van der Waals surface area contributed by atoms with Crippen molar-refractivity contribution in [2.45, 2.75) is 6.18 Å². The summed E-state index contributed by atoms with van der Waals surface area (Å²) >= 11 is 5.57. The van der Waals surface area contributed by atoms with Crippen molar-refractivity contribution in [2.75, 3.05) is 16.0 Å². The zero-order chi connectivity index (χ0) is 23.6. The Morgan fingerprint density at radius 2 is 1.52 bits per heavy atom. The second-order valence-corrected chi connectivity index (χ2v) is 7.24. The van der Waals surface area contributed by atoms with E-state index in [1.54, 1.807) is 24.4 Å². The fourth-order valence-corrected chi connectivity index (χ4v) is 3.14. The number of carbonyl (C=O) groups is 2. The summed E-state index contributed by atoms with van der Waals surface area (Å²) in [7, 11) is 0. The van der Waals surface area contributed by atoms with Crippen molar-refractivity contribution >= 4 is 51.6 Å². The van der Waals surface area contributed by atoms with Gasteiger partial charge in [-0.05, 0) is 48.5 Å². The van der Waals surface area contributed by atoms with Crippen LogP contribution in [0, 0.1) is 0 Å². The molecule has 0 atom stereocenters. The number of carbonyl (C=O) groups excluding carboxylic acids is 2. The molecule has 33 heavy (non-hydrogen) atoms. The molecule has 2 aromatic heterocycles. The van der Waals surface area contributed by atoms with Crippen molar-refractivity contribution in [1.82, 2.24) is 15.2 Å². The first-order chi connectivity index (χ1) is 15.7. The molecule has 4 N–H and O–H groups in total. The Balaban J connectivity index is 1.37. The number of amides is 3. The van der Waals surface area contributed by atoms with Crippen LogP contribution in [-0.4, -0.2) is 27.1 Å². The molecule has 168 valence electrons. The van der Waals surface area contributed by atoms with Crippen LogP contribution < -0.4 is 16.0 Å². The van der Waals surface area contributed by atoms with Crippen LogP contribution in [0.1, 0.15) is 15.9 Å². The lowest BCUT2D eigenvalue weighted by molar-refractivity contribution is -0.137. The summed E-state index contributed by atoms with van der Waals surface area (Å²) in [6, 6.07) is 10.1. The van der Waals surface area contributed by atoms with E-state index in [1.807, 2.05) is 0 Å². The number of rotatable bonds is 4. The number of fused-ring (bicyclic) bond motifs is 1. The van der Waals surface area contributed by atoms with Gasteiger partial charge < -0.3 is 16.0 Å². The lowest BCUT2D eigenvalue weighted by Crippen LogP contribution is -2.20. The third kappa shape index (κ3) is 5.21. The summed E-state index contributed by atoms with van der Waals surface area (Å²) in [4.78, 5) is 28.7. The van der Waals surface area contributed by atoms with E-state index in [-0.39, 0.29) is 11.6 Å². The van der Waals surface area contributed by atoms with E-state index >= 15 is 0 Å². The average molecular weight is 475 g/mol. The second-order valence-electron chi connectivity index (χ2n) is 6.83. The van der Waals surface area contributed by atoms with Gasteiger partial charge in [-0.1, -0.05) is 11.6 Å². The standard InChI is InChI=1S/C21H14ClF3N6O2/c22-17-6-5-15(8-16(17)21(23,24)25)30-20(33)29-14-3-1-13(2-4-14)28-19(32)12-7-11-10-27-31-18(11)26-9-12/h1-10H,(H,28,32)(H,26,27,31)(H2,29,30,33). The summed E-state index contributed by atoms with van der Waals surface area (Å²) in [6.45, 7) is 0. The normalized spacial score (nSPS) is 11.3. The Kier molecular flexibility index (Phi) is 5.88. The summed E-state index contributed by atoms with van der Waals surface area (Å²) < 4.78 is 38.9. The van der Waals surface area contributed by atoms with E-state index in [1.165, 1.54) is 24.4 Å². The van der Waals surface area contributed by atoms with Crippen LogP contribution in [0.4, 0.5) is 35.0 Å². The summed E-state index contributed by atoms with van der Waals surface area (Å²) in [5.41, 5.74) is 0.600. The highest BCUT2D eigenvalue weighted by atomic mass is 35.5. The third-order valence-corrected chi connectivity index (χ3v) is 4.81. The van der Waals surface area contributed by atoms with E-state index in [2.05, 4.69) is 31.1 Å². The van der Waals surface area contributed by atoms with Gasteiger partial charge in [0.1, 0.15) is 0 Å². The minimum atomic E-state index is -4.65. The van der Waals surface area contributed by atoms with Gasteiger partial charge in [0, 0.05) is 28.6 Å². The van der Waals surface area contributed by atoms with E-state index in [9.17, 15) is 22.8 Å². The van der Waals surface area contributed by atoms with Gasteiger partial charge in [-0.3, -0.25) is 9.89 Å². The smallest absolute Gasteiger partial charge is 0.322 e. The van der Waals surface area contributed by atoms with Crippen molar-refractivity contribution < 1.29 is 22.8 Å². The Hall–Kier alpha value is -4.12. The first-order valence-corrected chi connectivity index (χ1v) is 9.72. The molecule has 0 spiro atoms. The largest absolute Gasteiger partial charge is 0.417 e. The van der Waals surface area contributed by atoms with Gasteiger partial charge in [-0.2, -0.15) is 18.3 Å². The van der Waals surface area contributed by atoms with Crippen LogP contribution in [0.15, 0.2) is 60.9 Å². The van der Waals surface area contributed by atoms with E-state index < -0.39 is 22.8 Å². The first-order valence-electron chi connectivity index (χ1n) is 9.34. The minimum absolute atomic E-state index is 0.0729. The molecule has 12 heteroatoms. The van der Waals surface area contributed by atoms with Crippen molar-refractivity contribution in [3.63, 3.8) is 0 Å². The van der Waals surface area contributed by atoms with Gasteiger partial charge in [0.25, 0.3) is 5.91 Å². The summed E-state index contributed by atoms with van der Waals surface area (Å²) in [5, 5.41) is 14.3. The number of urea groups is 1. The number of nitrogens with zero attached hydrogens (tertiary/aromatic N) is 2. The Morgan fingerprint density at radius 1 is 0.879 bits per heavy atom. The maximum atomic E-state index is 13.0. The molecule has 3 amide bonds. The zero-order valence-corrected chi connectivity index (χ0v) is 17.3. The van der Waals surface area contributed by atoms with Gasteiger partial charge in [0.15, 0.2) is 5.65 Å². The number of aromatic nitrogens is 3. The molecular weight excluding hydrogens is 461 g/mol. The second kappa shape index (κ2) is 8.79. The Bertz CT molecular complexity index is 1340. The van der Waals surface area contributed by atoms with Gasteiger partial charge in [-0.25, -0.2) is 9.78 Å². The number of hydrogen-bond acceptors (Lipinski definition) is 4. The number of anilines is 3. The van der Waals surface area contributed by atoms with Gasteiger partial charge in [-0.15, -0.1) is 0 Å². The van der Waals surface area contributed by atoms with Crippen LogP contribution in [0.3, 0.4) is 0 Å². The number of halogens is 4. The number of alkyl halides is 3. The average Bonchev–Trinajstić information content (AvgIpc) is 3.23. The zero-order valence-electron chi connectivity index (χ0n) is 16.5. The molecule has 0 fully saturated rings. The van der Waals surface area contributed by atoms with Crippen LogP contribution >= 0.6 is 11.6 Å². The van der Waals surface area contributed by atoms with E-state index in [0.29, 0.717) is 28.0 Å². The molecule has 0 aliphatic carbocycles. The predicted molar refractivity (Wildman–Crippen MR) is 117 cm³/mol. The summed E-state index contributed by atoms with van der Waals surface area (Å²) in [6.07, 6.45) is -1.68. The van der Waals surface area contributed by atoms with Gasteiger partial charge in [0.05, 0.1) is 22.3 Å². The fraction of sp³-hybridized carbons (Fsp3) is 0.0476. The van der Waals surface area contributed by atoms with Gasteiger partial charge >= 0.3 is 12.2 Å². The quantitative estimate of drug-likeness (QED) is 0.311.